The Bertz CT molecular complexity index is 365. The molecule has 0 saturated carbocycles. The normalized spacial score (nSPS) is 20.3. The zero-order valence-electron chi connectivity index (χ0n) is 9.86. The molecular weight excluding hydrogens is 202 g/mol. The van der Waals surface area contributed by atoms with E-state index in [4.69, 9.17) is 9.84 Å². The molecule has 3 nitrogen and oxygen atoms in total. The third-order valence-electron chi connectivity index (χ3n) is 2.93. The Morgan fingerprint density at radius 1 is 1.56 bits per heavy atom. The maximum atomic E-state index is 8.92. The Morgan fingerprint density at radius 2 is 2.38 bits per heavy atom. The van der Waals surface area contributed by atoms with Crippen LogP contribution in [0.3, 0.4) is 0 Å². The summed E-state index contributed by atoms with van der Waals surface area (Å²) < 4.78 is 5.81. The van der Waals surface area contributed by atoms with Crippen molar-refractivity contribution in [3.05, 3.63) is 29.3 Å². The summed E-state index contributed by atoms with van der Waals surface area (Å²) in [5.74, 6) is 1.01. The fourth-order valence-corrected chi connectivity index (χ4v) is 1.96. The minimum atomic E-state index is 0.133. The van der Waals surface area contributed by atoms with Gasteiger partial charge in [0.2, 0.25) is 0 Å². The van der Waals surface area contributed by atoms with Crippen LogP contribution in [-0.4, -0.2) is 30.4 Å². The Labute approximate surface area is 96.4 Å². The average Bonchev–Trinajstić information content (AvgIpc) is 2.67. The van der Waals surface area contributed by atoms with E-state index in [0.29, 0.717) is 0 Å². The standard InChI is InChI=1S/C13H19NO2/c1-9-3-4-13-11(5-9)6-12(16-13)7-14-10(2)8-15/h3-5,10,12,14-15H,6-8H2,1-2H3. The van der Waals surface area contributed by atoms with Crippen LogP contribution in [0.15, 0.2) is 18.2 Å². The van der Waals surface area contributed by atoms with Gasteiger partial charge >= 0.3 is 0 Å². The lowest BCUT2D eigenvalue weighted by atomic mass is 10.1. The molecule has 2 rings (SSSR count). The molecule has 2 atom stereocenters. The molecule has 0 radical (unpaired) electrons. The first-order chi connectivity index (χ1) is 7.69. The molecule has 0 aliphatic carbocycles. The lowest BCUT2D eigenvalue weighted by Gasteiger charge is -2.15. The number of fused-ring (bicyclic) bond motifs is 1. The van der Waals surface area contributed by atoms with E-state index in [0.717, 1.165) is 18.7 Å². The number of rotatable bonds is 4. The van der Waals surface area contributed by atoms with Crippen LogP contribution < -0.4 is 10.1 Å². The van der Waals surface area contributed by atoms with Crippen LogP contribution in [0.25, 0.3) is 0 Å². The number of hydrogen-bond donors (Lipinski definition) is 2. The molecule has 0 amide bonds. The molecule has 1 aromatic carbocycles. The van der Waals surface area contributed by atoms with Crippen LogP contribution in [-0.2, 0) is 6.42 Å². The number of aliphatic hydroxyl groups is 1. The van der Waals surface area contributed by atoms with E-state index >= 15 is 0 Å². The van der Waals surface area contributed by atoms with Crippen molar-refractivity contribution >= 4 is 0 Å². The second-order valence-electron chi connectivity index (χ2n) is 4.55. The molecule has 1 heterocycles. The number of benzene rings is 1. The molecule has 0 aromatic heterocycles. The summed E-state index contributed by atoms with van der Waals surface area (Å²) in [6.45, 7) is 5.01. The van der Waals surface area contributed by atoms with Crippen molar-refractivity contribution in [1.82, 2.24) is 5.32 Å². The number of aryl methyl sites for hydroxylation is 1. The van der Waals surface area contributed by atoms with Gasteiger partial charge in [0.05, 0.1) is 6.61 Å². The molecule has 0 bridgehead atoms. The van der Waals surface area contributed by atoms with Crippen LogP contribution in [0.4, 0.5) is 0 Å². The lowest BCUT2D eigenvalue weighted by Crippen LogP contribution is -2.37. The van der Waals surface area contributed by atoms with Gasteiger partial charge in [0.25, 0.3) is 0 Å². The highest BCUT2D eigenvalue weighted by molar-refractivity contribution is 5.40. The highest BCUT2D eigenvalue weighted by atomic mass is 16.5. The van der Waals surface area contributed by atoms with Crippen LogP contribution in [0.1, 0.15) is 18.1 Å². The first-order valence-corrected chi connectivity index (χ1v) is 5.79. The fraction of sp³-hybridized carbons (Fsp3) is 0.538. The first kappa shape index (κ1) is 11.4. The smallest absolute Gasteiger partial charge is 0.123 e. The van der Waals surface area contributed by atoms with Crippen LogP contribution in [0.2, 0.25) is 0 Å². The highest BCUT2D eigenvalue weighted by Crippen LogP contribution is 2.29. The van der Waals surface area contributed by atoms with Gasteiger partial charge in [-0.3, -0.25) is 0 Å². The maximum absolute atomic E-state index is 8.92. The van der Waals surface area contributed by atoms with Crippen molar-refractivity contribution in [2.75, 3.05) is 13.2 Å². The van der Waals surface area contributed by atoms with Crippen LogP contribution in [0, 0.1) is 6.92 Å². The third-order valence-corrected chi connectivity index (χ3v) is 2.93. The van der Waals surface area contributed by atoms with E-state index < -0.39 is 0 Å². The van der Waals surface area contributed by atoms with Gasteiger partial charge in [0.15, 0.2) is 0 Å². The first-order valence-electron chi connectivity index (χ1n) is 5.79. The summed E-state index contributed by atoms with van der Waals surface area (Å²) in [5, 5.41) is 12.2. The Morgan fingerprint density at radius 3 is 3.12 bits per heavy atom. The van der Waals surface area contributed by atoms with Crippen molar-refractivity contribution in [1.29, 1.82) is 0 Å². The SMILES string of the molecule is Cc1ccc2c(c1)CC(CNC(C)CO)O2. The zero-order chi connectivity index (χ0) is 11.5. The maximum Gasteiger partial charge on any atom is 0.123 e. The lowest BCUT2D eigenvalue weighted by molar-refractivity contribution is 0.202. The van der Waals surface area contributed by atoms with Gasteiger partial charge in [-0.25, -0.2) is 0 Å². The predicted molar refractivity (Wildman–Crippen MR) is 63.8 cm³/mol. The van der Waals surface area contributed by atoms with Gasteiger partial charge in [0.1, 0.15) is 11.9 Å². The number of aliphatic hydroxyl groups excluding tert-OH is 1. The van der Waals surface area contributed by atoms with E-state index in [2.05, 4.69) is 24.4 Å². The summed E-state index contributed by atoms with van der Waals surface area (Å²) in [6.07, 6.45) is 1.16. The van der Waals surface area contributed by atoms with Gasteiger partial charge in [0, 0.05) is 19.0 Å². The van der Waals surface area contributed by atoms with Crippen LogP contribution >= 0.6 is 0 Å². The van der Waals surface area contributed by atoms with Crippen molar-refractivity contribution in [3.8, 4) is 5.75 Å². The monoisotopic (exact) mass is 221 g/mol. The molecule has 2 unspecified atom stereocenters. The van der Waals surface area contributed by atoms with Crippen molar-refractivity contribution in [2.45, 2.75) is 32.4 Å². The van der Waals surface area contributed by atoms with Gasteiger partial charge < -0.3 is 15.2 Å². The summed E-state index contributed by atoms with van der Waals surface area (Å²) in [7, 11) is 0. The van der Waals surface area contributed by atoms with Crippen molar-refractivity contribution in [3.63, 3.8) is 0 Å². The van der Waals surface area contributed by atoms with E-state index in [1.54, 1.807) is 0 Å². The Kier molecular flexibility index (Phi) is 3.46. The molecule has 1 aliphatic rings. The van der Waals surface area contributed by atoms with E-state index in [1.807, 2.05) is 13.0 Å². The van der Waals surface area contributed by atoms with Gasteiger partial charge in [-0.2, -0.15) is 0 Å². The summed E-state index contributed by atoms with van der Waals surface area (Å²) >= 11 is 0. The molecular formula is C13H19NO2. The topological polar surface area (TPSA) is 41.5 Å². The molecule has 2 N–H and O–H groups in total. The van der Waals surface area contributed by atoms with Gasteiger partial charge in [-0.15, -0.1) is 0 Å². The van der Waals surface area contributed by atoms with Gasteiger partial charge in [-0.1, -0.05) is 17.7 Å². The second kappa shape index (κ2) is 4.85. The molecule has 0 saturated heterocycles. The van der Waals surface area contributed by atoms with Crippen LogP contribution in [0.5, 0.6) is 5.75 Å². The summed E-state index contributed by atoms with van der Waals surface area (Å²) in [5.41, 5.74) is 2.57. The van der Waals surface area contributed by atoms with Crippen molar-refractivity contribution < 1.29 is 9.84 Å². The highest BCUT2D eigenvalue weighted by Gasteiger charge is 2.22. The molecule has 1 aliphatic heterocycles. The zero-order valence-corrected chi connectivity index (χ0v) is 9.86. The molecule has 88 valence electrons. The molecule has 0 fully saturated rings. The van der Waals surface area contributed by atoms with E-state index in [-0.39, 0.29) is 18.8 Å². The molecule has 0 spiro atoms. The molecule has 16 heavy (non-hydrogen) atoms. The minimum Gasteiger partial charge on any atom is -0.488 e. The van der Waals surface area contributed by atoms with Crippen molar-refractivity contribution in [2.24, 2.45) is 0 Å². The Hall–Kier alpha value is -1.06. The van der Waals surface area contributed by atoms with Gasteiger partial charge in [-0.05, 0) is 25.5 Å². The molecule has 3 heteroatoms. The predicted octanol–water partition coefficient (Wildman–Crippen LogP) is 1.27. The van der Waals surface area contributed by atoms with E-state index in [1.165, 1.54) is 11.1 Å². The summed E-state index contributed by atoms with van der Waals surface area (Å²) in [6, 6.07) is 6.43. The fourth-order valence-electron chi connectivity index (χ4n) is 1.96. The number of hydrogen-bond acceptors (Lipinski definition) is 3. The third kappa shape index (κ3) is 2.54. The quantitative estimate of drug-likeness (QED) is 0.804. The molecule has 1 aromatic rings. The number of nitrogens with one attached hydrogen (secondary N) is 1. The van der Waals surface area contributed by atoms with E-state index in [9.17, 15) is 0 Å². The second-order valence-corrected chi connectivity index (χ2v) is 4.55. The Balaban J connectivity index is 1.90. The average molecular weight is 221 g/mol. The number of ether oxygens (including phenoxy) is 1. The largest absolute Gasteiger partial charge is 0.488 e. The minimum absolute atomic E-state index is 0.133. The summed E-state index contributed by atoms with van der Waals surface area (Å²) in [4.78, 5) is 0.